The first-order chi connectivity index (χ1) is 14.1. The Kier molecular flexibility index (Phi) is 7.25. The molecule has 1 aliphatic carbocycles. The van der Waals surface area contributed by atoms with E-state index in [4.69, 9.17) is 27.6 Å². The Morgan fingerprint density at radius 3 is 2.66 bits per heavy atom. The lowest BCUT2D eigenvalue weighted by molar-refractivity contribution is 0.311. The molecule has 0 amide bonds. The molecule has 9 heteroatoms. The van der Waals surface area contributed by atoms with E-state index in [0.717, 1.165) is 35.6 Å². The van der Waals surface area contributed by atoms with Gasteiger partial charge in [-0.2, -0.15) is 17.0 Å². The number of aliphatic hydroxyl groups excluding tert-OH is 1. The van der Waals surface area contributed by atoms with E-state index in [2.05, 4.69) is 33.3 Å². The zero-order valence-electron chi connectivity index (χ0n) is 16.2. The Balaban J connectivity index is 1.77. The summed E-state index contributed by atoms with van der Waals surface area (Å²) in [5.74, 6) is 1.38. The van der Waals surface area contributed by atoms with E-state index < -0.39 is 0 Å². The maximum Gasteiger partial charge on any atom is 0.170 e. The van der Waals surface area contributed by atoms with Crippen LogP contribution < -0.4 is 16.0 Å². The first kappa shape index (κ1) is 21.3. The third kappa shape index (κ3) is 5.56. The van der Waals surface area contributed by atoms with E-state index in [-0.39, 0.29) is 11.4 Å². The molecule has 29 heavy (non-hydrogen) atoms. The van der Waals surface area contributed by atoms with Gasteiger partial charge in [-0.25, -0.2) is 9.97 Å². The standard InChI is InChI=1S/C20H24N6OS2/c1-29-20(7-8-20)16-13-17(22-11-12-27)26-18(25-16)14-3-5-15(6-4-14)24-19(28)23-10-2-9-21/h3-6,13,27H,2,7-8,10-12H2,1H3,(H,22,25,26)(H2,23,24,28). The monoisotopic (exact) mass is 428 g/mol. The lowest BCUT2D eigenvalue weighted by atomic mass is 10.1. The quantitative estimate of drug-likeness (QED) is 0.354. The Labute approximate surface area is 180 Å². The summed E-state index contributed by atoms with van der Waals surface area (Å²) in [5, 5.41) is 27.4. The molecular formula is C20H24N6OS2. The molecule has 1 aliphatic rings. The molecule has 4 N–H and O–H groups in total. The number of benzene rings is 1. The van der Waals surface area contributed by atoms with Gasteiger partial charge in [0.2, 0.25) is 0 Å². The summed E-state index contributed by atoms with van der Waals surface area (Å²) in [7, 11) is 0. The first-order valence-corrected chi connectivity index (χ1v) is 11.1. The average molecular weight is 429 g/mol. The average Bonchev–Trinajstić information content (AvgIpc) is 3.54. The highest BCUT2D eigenvalue weighted by molar-refractivity contribution is 7.99. The molecule has 0 spiro atoms. The summed E-state index contributed by atoms with van der Waals surface area (Å²) in [6.45, 7) is 1.01. The predicted octanol–water partition coefficient (Wildman–Crippen LogP) is 3.10. The SMILES string of the molecule is CSC1(c2cc(NCCO)nc(-c3ccc(NC(=S)NCCC#N)cc3)n2)CC1. The van der Waals surface area contributed by atoms with Crippen LogP contribution in [0.1, 0.15) is 25.0 Å². The molecule has 1 saturated carbocycles. The Bertz CT molecular complexity index is 893. The van der Waals surface area contributed by atoms with Gasteiger partial charge in [0.15, 0.2) is 10.9 Å². The second-order valence-corrected chi connectivity index (χ2v) is 8.28. The number of aliphatic hydroxyl groups is 1. The van der Waals surface area contributed by atoms with Gasteiger partial charge in [-0.15, -0.1) is 0 Å². The molecule has 0 bridgehead atoms. The molecule has 0 saturated heterocycles. The van der Waals surface area contributed by atoms with E-state index in [1.807, 2.05) is 42.1 Å². The van der Waals surface area contributed by atoms with Crippen molar-refractivity contribution in [3.63, 3.8) is 0 Å². The number of anilines is 2. The third-order valence-electron chi connectivity index (χ3n) is 4.63. The number of rotatable bonds is 9. The van der Waals surface area contributed by atoms with Gasteiger partial charge in [0.1, 0.15) is 5.82 Å². The zero-order chi connectivity index (χ0) is 20.7. The lowest BCUT2D eigenvalue weighted by Crippen LogP contribution is -2.28. The fourth-order valence-corrected chi connectivity index (χ4v) is 3.92. The highest BCUT2D eigenvalue weighted by atomic mass is 32.2. The third-order valence-corrected chi connectivity index (χ3v) is 6.27. The number of nitrogens with one attached hydrogen (secondary N) is 3. The molecule has 152 valence electrons. The van der Waals surface area contributed by atoms with Crippen LogP contribution in [0.3, 0.4) is 0 Å². The molecular weight excluding hydrogens is 404 g/mol. The number of thioether (sulfide) groups is 1. The molecule has 3 rings (SSSR count). The van der Waals surface area contributed by atoms with Crippen LogP contribution in [-0.2, 0) is 4.75 Å². The molecule has 1 aromatic heterocycles. The number of nitriles is 1. The molecule has 0 radical (unpaired) electrons. The van der Waals surface area contributed by atoms with Crippen LogP contribution in [0.5, 0.6) is 0 Å². The van der Waals surface area contributed by atoms with E-state index in [0.29, 0.717) is 30.4 Å². The molecule has 2 aromatic rings. The van der Waals surface area contributed by atoms with Crippen LogP contribution in [0.15, 0.2) is 30.3 Å². The summed E-state index contributed by atoms with van der Waals surface area (Å²) >= 11 is 7.05. The summed E-state index contributed by atoms with van der Waals surface area (Å²) in [6.07, 6.45) is 4.74. The summed E-state index contributed by atoms with van der Waals surface area (Å²) in [4.78, 5) is 9.46. The molecule has 0 aliphatic heterocycles. The first-order valence-electron chi connectivity index (χ1n) is 9.42. The van der Waals surface area contributed by atoms with Crippen LogP contribution in [0, 0.1) is 11.3 Å². The van der Waals surface area contributed by atoms with E-state index in [1.54, 1.807) is 0 Å². The molecule has 1 heterocycles. The van der Waals surface area contributed by atoms with Gasteiger partial charge < -0.3 is 21.1 Å². The highest BCUT2D eigenvalue weighted by Crippen LogP contribution is 2.55. The second kappa shape index (κ2) is 9.87. The van der Waals surface area contributed by atoms with E-state index in [1.165, 1.54) is 0 Å². The lowest BCUT2D eigenvalue weighted by Gasteiger charge is -2.15. The van der Waals surface area contributed by atoms with Crippen molar-refractivity contribution < 1.29 is 5.11 Å². The molecule has 7 nitrogen and oxygen atoms in total. The summed E-state index contributed by atoms with van der Waals surface area (Å²) in [5.41, 5.74) is 2.78. The van der Waals surface area contributed by atoms with Crippen LogP contribution >= 0.6 is 24.0 Å². The number of nitrogens with zero attached hydrogens (tertiary/aromatic N) is 3. The van der Waals surface area contributed by atoms with E-state index in [9.17, 15) is 0 Å². The minimum absolute atomic E-state index is 0.0466. The maximum absolute atomic E-state index is 9.12. The van der Waals surface area contributed by atoms with Gasteiger partial charge in [-0.05, 0) is 55.6 Å². The molecule has 1 fully saturated rings. The van der Waals surface area contributed by atoms with E-state index >= 15 is 0 Å². The smallest absolute Gasteiger partial charge is 0.170 e. The second-order valence-electron chi connectivity index (χ2n) is 6.68. The zero-order valence-corrected chi connectivity index (χ0v) is 17.9. The van der Waals surface area contributed by atoms with Crippen LogP contribution in [0.25, 0.3) is 11.4 Å². The molecule has 1 aromatic carbocycles. The van der Waals surface area contributed by atoms with Gasteiger partial charge in [-0.1, -0.05) is 0 Å². The predicted molar refractivity (Wildman–Crippen MR) is 122 cm³/mol. The van der Waals surface area contributed by atoms with Crippen LogP contribution in [0.2, 0.25) is 0 Å². The van der Waals surface area contributed by atoms with Crippen molar-refractivity contribution in [2.24, 2.45) is 0 Å². The van der Waals surface area contributed by atoms with Gasteiger partial charge in [0.25, 0.3) is 0 Å². The maximum atomic E-state index is 9.12. The van der Waals surface area contributed by atoms with Crippen molar-refractivity contribution in [3.05, 3.63) is 36.0 Å². The van der Waals surface area contributed by atoms with Crippen LogP contribution in [-0.4, -0.2) is 46.1 Å². The Morgan fingerprint density at radius 1 is 1.28 bits per heavy atom. The molecule has 0 atom stereocenters. The largest absolute Gasteiger partial charge is 0.395 e. The number of hydrogen-bond donors (Lipinski definition) is 4. The van der Waals surface area contributed by atoms with Crippen molar-refractivity contribution in [2.75, 3.05) is 36.6 Å². The number of thiocarbonyl (C=S) groups is 1. The summed E-state index contributed by atoms with van der Waals surface area (Å²) < 4.78 is 0.0795. The topological polar surface area (TPSA) is 106 Å². The summed E-state index contributed by atoms with van der Waals surface area (Å²) in [6, 6.07) is 11.8. The van der Waals surface area contributed by atoms with Crippen molar-refractivity contribution in [3.8, 4) is 17.5 Å². The normalized spacial score (nSPS) is 14.0. The van der Waals surface area contributed by atoms with Gasteiger partial charge >= 0.3 is 0 Å². The minimum Gasteiger partial charge on any atom is -0.395 e. The van der Waals surface area contributed by atoms with Gasteiger partial charge in [0, 0.05) is 30.4 Å². The van der Waals surface area contributed by atoms with Crippen molar-refractivity contribution >= 4 is 40.6 Å². The number of aromatic nitrogens is 2. The fourth-order valence-electron chi connectivity index (χ4n) is 2.87. The number of hydrogen-bond acceptors (Lipinski definition) is 7. The molecule has 0 unspecified atom stereocenters. The van der Waals surface area contributed by atoms with Gasteiger partial charge in [-0.3, -0.25) is 0 Å². The fraction of sp³-hybridized carbons (Fsp3) is 0.400. The Morgan fingerprint density at radius 2 is 2.03 bits per heavy atom. The van der Waals surface area contributed by atoms with Crippen LogP contribution in [0.4, 0.5) is 11.5 Å². The van der Waals surface area contributed by atoms with Gasteiger partial charge in [0.05, 0.1) is 29.5 Å². The van der Waals surface area contributed by atoms with Crippen molar-refractivity contribution in [1.29, 1.82) is 5.26 Å². The minimum atomic E-state index is 0.0466. The van der Waals surface area contributed by atoms with Crippen molar-refractivity contribution in [1.82, 2.24) is 15.3 Å². The Hall–Kier alpha value is -2.41. The van der Waals surface area contributed by atoms with Crippen molar-refractivity contribution in [2.45, 2.75) is 24.0 Å². The highest BCUT2D eigenvalue weighted by Gasteiger charge is 2.45.